The molecular weight excluding hydrogens is 190 g/mol. The number of benzene rings is 1. The number of rotatable bonds is 3. The molecule has 0 saturated heterocycles. The van der Waals surface area contributed by atoms with Crippen LogP contribution >= 0.6 is 0 Å². The second kappa shape index (κ2) is 4.69. The van der Waals surface area contributed by atoms with Crippen molar-refractivity contribution in [2.24, 2.45) is 0 Å². The molecule has 1 rings (SSSR count). The lowest BCUT2D eigenvalue weighted by Crippen LogP contribution is -2.13. The zero-order chi connectivity index (χ0) is 10.6. The van der Waals surface area contributed by atoms with Gasteiger partial charge in [0.25, 0.3) is 0 Å². The molecule has 0 aliphatic carbocycles. The van der Waals surface area contributed by atoms with Crippen LogP contribution in [0.5, 0.6) is 0 Å². The molecule has 0 radical (unpaired) electrons. The standard InChI is InChI=1S/C10H10F2O2/c1-2-14-10(13)9(12)7-5-3-4-6-8(7)11/h3-6,9H,2H2,1H3. The summed E-state index contributed by atoms with van der Waals surface area (Å²) in [5.74, 6) is -1.80. The van der Waals surface area contributed by atoms with E-state index in [1.165, 1.54) is 18.2 Å². The predicted octanol–water partition coefficient (Wildman–Crippen LogP) is 2.40. The Kier molecular flexibility index (Phi) is 3.56. The SMILES string of the molecule is CCOC(=O)C(F)c1ccccc1F. The largest absolute Gasteiger partial charge is 0.464 e. The van der Waals surface area contributed by atoms with Crippen LogP contribution in [0.15, 0.2) is 24.3 Å². The van der Waals surface area contributed by atoms with Crippen LogP contribution in [0.25, 0.3) is 0 Å². The normalized spacial score (nSPS) is 12.2. The summed E-state index contributed by atoms with van der Waals surface area (Å²) in [6.07, 6.45) is -2.05. The quantitative estimate of drug-likeness (QED) is 0.700. The van der Waals surface area contributed by atoms with Crippen LogP contribution in [0.1, 0.15) is 18.7 Å². The van der Waals surface area contributed by atoms with Gasteiger partial charge in [0, 0.05) is 5.56 Å². The Labute approximate surface area is 80.5 Å². The number of halogens is 2. The van der Waals surface area contributed by atoms with E-state index in [4.69, 9.17) is 0 Å². The number of hydrogen-bond acceptors (Lipinski definition) is 2. The van der Waals surface area contributed by atoms with Gasteiger partial charge >= 0.3 is 5.97 Å². The van der Waals surface area contributed by atoms with Crippen molar-refractivity contribution >= 4 is 5.97 Å². The average molecular weight is 200 g/mol. The predicted molar refractivity (Wildman–Crippen MR) is 46.9 cm³/mol. The third kappa shape index (κ3) is 2.28. The zero-order valence-corrected chi connectivity index (χ0v) is 7.67. The lowest BCUT2D eigenvalue weighted by molar-refractivity contribution is -0.149. The molecule has 0 saturated carbocycles. The summed E-state index contributed by atoms with van der Waals surface area (Å²) >= 11 is 0. The molecule has 14 heavy (non-hydrogen) atoms. The summed E-state index contributed by atoms with van der Waals surface area (Å²) in [6, 6.07) is 5.21. The minimum atomic E-state index is -2.05. The molecule has 0 bridgehead atoms. The monoisotopic (exact) mass is 200 g/mol. The van der Waals surface area contributed by atoms with Crippen molar-refractivity contribution in [2.75, 3.05) is 6.61 Å². The fourth-order valence-electron chi connectivity index (χ4n) is 1.02. The van der Waals surface area contributed by atoms with E-state index < -0.39 is 18.0 Å². The van der Waals surface area contributed by atoms with Crippen molar-refractivity contribution in [1.29, 1.82) is 0 Å². The van der Waals surface area contributed by atoms with Crippen LogP contribution in [-0.4, -0.2) is 12.6 Å². The first-order valence-electron chi connectivity index (χ1n) is 4.22. The first-order chi connectivity index (χ1) is 6.66. The maximum absolute atomic E-state index is 13.3. The van der Waals surface area contributed by atoms with Crippen LogP contribution in [0.3, 0.4) is 0 Å². The van der Waals surface area contributed by atoms with Crippen molar-refractivity contribution in [3.8, 4) is 0 Å². The highest BCUT2D eigenvalue weighted by Gasteiger charge is 2.23. The molecule has 1 aromatic rings. The highest BCUT2D eigenvalue weighted by molar-refractivity contribution is 5.76. The van der Waals surface area contributed by atoms with Crippen LogP contribution in [0.2, 0.25) is 0 Å². The Morgan fingerprint density at radius 1 is 1.50 bits per heavy atom. The van der Waals surface area contributed by atoms with E-state index in [-0.39, 0.29) is 12.2 Å². The van der Waals surface area contributed by atoms with Gasteiger partial charge in [-0.25, -0.2) is 13.6 Å². The van der Waals surface area contributed by atoms with Gasteiger partial charge in [-0.3, -0.25) is 0 Å². The lowest BCUT2D eigenvalue weighted by Gasteiger charge is -2.07. The first kappa shape index (κ1) is 10.6. The second-order valence-corrected chi connectivity index (χ2v) is 2.64. The van der Waals surface area contributed by atoms with Gasteiger partial charge in [0.2, 0.25) is 6.17 Å². The van der Waals surface area contributed by atoms with E-state index in [1.54, 1.807) is 6.92 Å². The van der Waals surface area contributed by atoms with Gasteiger partial charge in [-0.15, -0.1) is 0 Å². The molecule has 0 amide bonds. The summed E-state index contributed by atoms with van der Waals surface area (Å²) in [7, 11) is 0. The van der Waals surface area contributed by atoms with Crippen molar-refractivity contribution in [1.82, 2.24) is 0 Å². The van der Waals surface area contributed by atoms with Gasteiger partial charge in [0.05, 0.1) is 6.61 Å². The van der Waals surface area contributed by atoms with Gasteiger partial charge in [0.1, 0.15) is 5.82 Å². The summed E-state index contributed by atoms with van der Waals surface area (Å²) in [5.41, 5.74) is -0.286. The first-order valence-corrected chi connectivity index (χ1v) is 4.22. The molecule has 0 fully saturated rings. The number of carbonyl (C=O) groups excluding carboxylic acids is 1. The van der Waals surface area contributed by atoms with E-state index in [2.05, 4.69) is 4.74 Å². The van der Waals surface area contributed by atoms with Crippen LogP contribution in [0.4, 0.5) is 8.78 Å². The average Bonchev–Trinajstić information content (AvgIpc) is 2.18. The number of carbonyl (C=O) groups is 1. The van der Waals surface area contributed by atoms with Crippen molar-refractivity contribution in [2.45, 2.75) is 13.1 Å². The van der Waals surface area contributed by atoms with Crippen LogP contribution in [0, 0.1) is 5.82 Å². The van der Waals surface area contributed by atoms with Crippen LogP contribution < -0.4 is 0 Å². The van der Waals surface area contributed by atoms with Gasteiger partial charge < -0.3 is 4.74 Å². The smallest absolute Gasteiger partial charge is 0.345 e. The van der Waals surface area contributed by atoms with E-state index in [1.807, 2.05) is 0 Å². The molecule has 2 nitrogen and oxygen atoms in total. The Balaban J connectivity index is 2.84. The fraction of sp³-hybridized carbons (Fsp3) is 0.300. The summed E-state index contributed by atoms with van der Waals surface area (Å²) < 4.78 is 30.7. The van der Waals surface area contributed by atoms with E-state index in [9.17, 15) is 13.6 Å². The van der Waals surface area contributed by atoms with Crippen molar-refractivity contribution in [3.63, 3.8) is 0 Å². The van der Waals surface area contributed by atoms with Gasteiger partial charge in [-0.05, 0) is 13.0 Å². The summed E-state index contributed by atoms with van der Waals surface area (Å²) in [4.78, 5) is 10.9. The Bertz CT molecular complexity index is 326. The summed E-state index contributed by atoms with van der Waals surface area (Å²) in [5, 5.41) is 0. The molecule has 1 unspecified atom stereocenters. The van der Waals surface area contributed by atoms with E-state index in [0.29, 0.717) is 0 Å². The number of esters is 1. The van der Waals surface area contributed by atoms with Crippen molar-refractivity contribution in [3.05, 3.63) is 35.6 Å². The molecule has 0 aliphatic rings. The van der Waals surface area contributed by atoms with Crippen molar-refractivity contribution < 1.29 is 18.3 Å². The van der Waals surface area contributed by atoms with Gasteiger partial charge in [-0.1, -0.05) is 18.2 Å². The molecule has 1 atom stereocenters. The molecule has 0 aliphatic heterocycles. The Morgan fingerprint density at radius 2 is 2.14 bits per heavy atom. The number of alkyl halides is 1. The molecule has 0 N–H and O–H groups in total. The molecule has 0 aromatic heterocycles. The maximum Gasteiger partial charge on any atom is 0.345 e. The van der Waals surface area contributed by atoms with Gasteiger partial charge in [0.15, 0.2) is 0 Å². The highest BCUT2D eigenvalue weighted by Crippen LogP contribution is 2.21. The van der Waals surface area contributed by atoms with E-state index in [0.717, 1.165) is 6.07 Å². The van der Waals surface area contributed by atoms with Crippen LogP contribution in [-0.2, 0) is 9.53 Å². The fourth-order valence-corrected chi connectivity index (χ4v) is 1.02. The molecular formula is C10H10F2O2. The Hall–Kier alpha value is -1.45. The highest BCUT2D eigenvalue weighted by atomic mass is 19.1. The third-order valence-electron chi connectivity index (χ3n) is 1.67. The molecule has 0 spiro atoms. The topological polar surface area (TPSA) is 26.3 Å². The second-order valence-electron chi connectivity index (χ2n) is 2.64. The summed E-state index contributed by atoms with van der Waals surface area (Å²) in [6.45, 7) is 1.64. The molecule has 0 heterocycles. The molecule has 1 aromatic carbocycles. The molecule has 4 heteroatoms. The molecule has 76 valence electrons. The zero-order valence-electron chi connectivity index (χ0n) is 7.67. The number of ether oxygens (including phenoxy) is 1. The Morgan fingerprint density at radius 3 is 2.71 bits per heavy atom. The minimum Gasteiger partial charge on any atom is -0.464 e. The lowest BCUT2D eigenvalue weighted by atomic mass is 10.1. The number of hydrogen-bond donors (Lipinski definition) is 0. The van der Waals surface area contributed by atoms with Gasteiger partial charge in [-0.2, -0.15) is 0 Å². The maximum atomic E-state index is 13.3. The van der Waals surface area contributed by atoms with E-state index >= 15 is 0 Å². The minimum absolute atomic E-state index is 0.0771. The third-order valence-corrected chi connectivity index (χ3v) is 1.67.